The molecule has 21 heavy (non-hydrogen) atoms. The molecule has 0 N–H and O–H groups in total. The van der Waals surface area contributed by atoms with Crippen LogP contribution in [0.1, 0.15) is 59.3 Å². The molecule has 0 aromatic heterocycles. The topological polar surface area (TPSA) is 18.5 Å². The molecule has 1 heterocycles. The fourth-order valence-electron chi connectivity index (χ4n) is 4.92. The highest BCUT2D eigenvalue weighted by Gasteiger charge is 2.51. The summed E-state index contributed by atoms with van der Waals surface area (Å²) in [5, 5.41) is 1.70. The molecular weight excluding hydrogens is 280 g/mol. The Morgan fingerprint density at radius 1 is 1.00 bits per heavy atom. The molecule has 1 saturated heterocycles. The van der Waals surface area contributed by atoms with Crippen molar-refractivity contribution in [2.45, 2.75) is 82.0 Å². The lowest BCUT2D eigenvalue weighted by Crippen LogP contribution is -2.40. The molecular formula is C18H32O2S. The largest absolute Gasteiger partial charge is 0.378 e. The average molecular weight is 313 g/mol. The van der Waals surface area contributed by atoms with Crippen molar-refractivity contribution in [3.05, 3.63) is 0 Å². The molecule has 3 heteroatoms. The van der Waals surface area contributed by atoms with Gasteiger partial charge < -0.3 is 9.47 Å². The van der Waals surface area contributed by atoms with Crippen LogP contribution in [0.25, 0.3) is 0 Å². The van der Waals surface area contributed by atoms with E-state index in [4.69, 9.17) is 9.47 Å². The van der Waals surface area contributed by atoms with Crippen LogP contribution in [0.15, 0.2) is 0 Å². The van der Waals surface area contributed by atoms with E-state index in [0.717, 1.165) is 47.9 Å². The number of hydrogen-bond acceptors (Lipinski definition) is 3. The van der Waals surface area contributed by atoms with Gasteiger partial charge in [0.2, 0.25) is 0 Å². The molecule has 3 aliphatic rings. The summed E-state index contributed by atoms with van der Waals surface area (Å²) in [7, 11) is 0. The maximum Gasteiger partial charge on any atom is 0.0611 e. The first-order valence-corrected chi connectivity index (χ1v) is 10.1. The third kappa shape index (κ3) is 3.30. The molecule has 0 amide bonds. The van der Waals surface area contributed by atoms with Gasteiger partial charge in [0.05, 0.1) is 12.2 Å². The molecule has 7 unspecified atom stereocenters. The van der Waals surface area contributed by atoms with Gasteiger partial charge in [-0.1, -0.05) is 13.8 Å². The minimum atomic E-state index is 0.515. The van der Waals surface area contributed by atoms with E-state index in [1.54, 1.807) is 0 Å². The first kappa shape index (κ1) is 16.1. The molecule has 2 aliphatic carbocycles. The Balaban J connectivity index is 1.61. The van der Waals surface area contributed by atoms with Crippen LogP contribution in [-0.2, 0) is 9.47 Å². The van der Waals surface area contributed by atoms with Gasteiger partial charge >= 0.3 is 0 Å². The summed E-state index contributed by atoms with van der Waals surface area (Å²) < 4.78 is 12.0. The zero-order valence-corrected chi connectivity index (χ0v) is 14.7. The quantitative estimate of drug-likeness (QED) is 0.744. The molecule has 2 saturated carbocycles. The molecule has 7 atom stereocenters. The second kappa shape index (κ2) is 7.23. The fraction of sp³-hybridized carbons (Fsp3) is 1.00. The predicted molar refractivity (Wildman–Crippen MR) is 89.8 cm³/mol. The van der Waals surface area contributed by atoms with E-state index >= 15 is 0 Å². The molecule has 0 aromatic carbocycles. The van der Waals surface area contributed by atoms with E-state index in [9.17, 15) is 0 Å². The molecule has 0 aromatic rings. The molecule has 122 valence electrons. The summed E-state index contributed by atoms with van der Waals surface area (Å²) in [5.74, 6) is 2.65. The summed E-state index contributed by atoms with van der Waals surface area (Å²) in [5.41, 5.74) is 0. The molecule has 1 aliphatic heterocycles. The highest BCUT2D eigenvalue weighted by molar-refractivity contribution is 8.00. The van der Waals surface area contributed by atoms with E-state index in [2.05, 4.69) is 32.5 Å². The van der Waals surface area contributed by atoms with Crippen molar-refractivity contribution >= 4 is 11.8 Å². The van der Waals surface area contributed by atoms with Crippen LogP contribution in [0.3, 0.4) is 0 Å². The van der Waals surface area contributed by atoms with Crippen molar-refractivity contribution in [3.8, 4) is 0 Å². The maximum absolute atomic E-state index is 6.13. The minimum absolute atomic E-state index is 0.515. The van der Waals surface area contributed by atoms with Gasteiger partial charge in [-0.2, -0.15) is 11.8 Å². The van der Waals surface area contributed by atoms with Crippen LogP contribution in [0, 0.1) is 17.8 Å². The van der Waals surface area contributed by atoms with Crippen LogP contribution in [0.2, 0.25) is 0 Å². The Morgan fingerprint density at radius 3 is 2.57 bits per heavy atom. The van der Waals surface area contributed by atoms with Gasteiger partial charge in [-0.15, -0.1) is 0 Å². The first-order chi connectivity index (χ1) is 10.2. The summed E-state index contributed by atoms with van der Waals surface area (Å²) >= 11 is 2.29. The second-order valence-electron chi connectivity index (χ2n) is 7.20. The number of ether oxygens (including phenoxy) is 2. The van der Waals surface area contributed by atoms with Gasteiger partial charge in [0.25, 0.3) is 0 Å². The van der Waals surface area contributed by atoms with Crippen molar-refractivity contribution in [1.82, 2.24) is 0 Å². The molecule has 3 rings (SSSR count). The van der Waals surface area contributed by atoms with Gasteiger partial charge in [0.1, 0.15) is 0 Å². The molecule has 0 radical (unpaired) electrons. The molecule has 3 fully saturated rings. The van der Waals surface area contributed by atoms with Gasteiger partial charge in [-0.3, -0.25) is 0 Å². The average Bonchev–Trinajstić information content (AvgIpc) is 2.86. The van der Waals surface area contributed by atoms with Crippen LogP contribution >= 0.6 is 11.8 Å². The number of fused-ring (bicyclic) bond motifs is 3. The van der Waals surface area contributed by atoms with E-state index in [1.165, 1.54) is 32.1 Å². The van der Waals surface area contributed by atoms with Gasteiger partial charge in [0.15, 0.2) is 0 Å². The predicted octanol–water partition coefficient (Wildman–Crippen LogP) is 4.52. The van der Waals surface area contributed by atoms with Crippen molar-refractivity contribution in [3.63, 3.8) is 0 Å². The number of rotatable bonds is 5. The Bertz CT molecular complexity index is 335. The zero-order valence-electron chi connectivity index (χ0n) is 13.9. The lowest BCUT2D eigenvalue weighted by Gasteiger charge is -2.39. The highest BCUT2D eigenvalue weighted by atomic mass is 32.2. The Labute approximate surface area is 134 Å². The molecule has 2 nitrogen and oxygen atoms in total. The van der Waals surface area contributed by atoms with Crippen LogP contribution in [0.5, 0.6) is 0 Å². The minimum Gasteiger partial charge on any atom is -0.378 e. The lowest BCUT2D eigenvalue weighted by atomic mass is 9.69. The monoisotopic (exact) mass is 312 g/mol. The van der Waals surface area contributed by atoms with Gasteiger partial charge in [-0.25, -0.2) is 0 Å². The first-order valence-electron chi connectivity index (χ1n) is 9.13. The number of hydrogen-bond donors (Lipinski definition) is 0. The van der Waals surface area contributed by atoms with Gasteiger partial charge in [-0.05, 0) is 63.2 Å². The fourth-order valence-corrected chi connectivity index (χ4v) is 7.16. The maximum atomic E-state index is 6.13. The van der Waals surface area contributed by atoms with Crippen LogP contribution in [-0.4, -0.2) is 35.9 Å². The number of thioether (sulfide) groups is 1. The zero-order chi connectivity index (χ0) is 14.8. The second-order valence-corrected chi connectivity index (χ2v) is 8.62. The Hall–Kier alpha value is 0.270. The molecule has 0 bridgehead atoms. The standard InChI is InChI=1S/C18H32O2S/c1-4-10-20-16-9-8-15-14-7-6-13(19-5-2)11-17(14)21-18(15)12(16)3/h12-18H,4-11H2,1-3H3. The SMILES string of the molecule is CCCOC1CCC2C3CCC(OCC)CC3SC2C1C. The normalized spacial score (nSPS) is 46.1. The van der Waals surface area contributed by atoms with E-state index < -0.39 is 0 Å². The van der Waals surface area contributed by atoms with E-state index in [-0.39, 0.29) is 0 Å². The van der Waals surface area contributed by atoms with Crippen molar-refractivity contribution in [2.24, 2.45) is 17.8 Å². The highest BCUT2D eigenvalue weighted by Crippen LogP contribution is 2.56. The van der Waals surface area contributed by atoms with E-state index in [1.807, 2.05) is 0 Å². The third-order valence-corrected chi connectivity index (χ3v) is 7.91. The van der Waals surface area contributed by atoms with Crippen LogP contribution < -0.4 is 0 Å². The van der Waals surface area contributed by atoms with Gasteiger partial charge in [0, 0.05) is 23.7 Å². The summed E-state index contributed by atoms with van der Waals surface area (Å²) in [6, 6.07) is 0. The van der Waals surface area contributed by atoms with E-state index in [0.29, 0.717) is 12.2 Å². The lowest BCUT2D eigenvalue weighted by molar-refractivity contribution is -0.0240. The summed E-state index contributed by atoms with van der Waals surface area (Å²) in [6.45, 7) is 8.61. The van der Waals surface area contributed by atoms with Crippen molar-refractivity contribution in [1.29, 1.82) is 0 Å². The van der Waals surface area contributed by atoms with Crippen molar-refractivity contribution in [2.75, 3.05) is 13.2 Å². The summed E-state index contributed by atoms with van der Waals surface area (Å²) in [6.07, 6.45) is 8.87. The van der Waals surface area contributed by atoms with Crippen molar-refractivity contribution < 1.29 is 9.47 Å². The van der Waals surface area contributed by atoms with Crippen LogP contribution in [0.4, 0.5) is 0 Å². The smallest absolute Gasteiger partial charge is 0.0611 e. The summed E-state index contributed by atoms with van der Waals surface area (Å²) in [4.78, 5) is 0. The molecule has 0 spiro atoms. The third-order valence-electron chi connectivity index (χ3n) is 5.93. The Morgan fingerprint density at radius 2 is 1.81 bits per heavy atom. The Kier molecular flexibility index (Phi) is 5.55.